The van der Waals surface area contributed by atoms with Crippen molar-refractivity contribution in [3.05, 3.63) is 72.3 Å². The lowest BCUT2D eigenvalue weighted by Gasteiger charge is -2.29. The van der Waals surface area contributed by atoms with E-state index in [2.05, 4.69) is 36.2 Å². The van der Waals surface area contributed by atoms with E-state index in [-0.39, 0.29) is 12.5 Å². The molecule has 3 aromatic carbocycles. The average molecular weight is 493 g/mol. The Bertz CT molecular complexity index is 1140. The number of esters is 1. The summed E-state index contributed by atoms with van der Waals surface area (Å²) < 4.78 is 21.1. The second-order valence-electron chi connectivity index (χ2n) is 8.27. The molecule has 0 aromatic heterocycles. The van der Waals surface area contributed by atoms with Crippen molar-refractivity contribution >= 4 is 28.9 Å². The Morgan fingerprint density at radius 3 is 1.94 bits per heavy atom. The molecule has 0 saturated heterocycles. The van der Waals surface area contributed by atoms with Gasteiger partial charge in [-0.15, -0.1) is 0 Å². The van der Waals surface area contributed by atoms with E-state index in [9.17, 15) is 9.59 Å². The van der Waals surface area contributed by atoms with Crippen LogP contribution in [-0.2, 0) is 20.7 Å². The molecule has 3 aromatic rings. The Balaban J connectivity index is 1.56. The van der Waals surface area contributed by atoms with Gasteiger partial charge in [0.2, 0.25) is 5.75 Å². The van der Waals surface area contributed by atoms with Crippen molar-refractivity contribution < 1.29 is 28.5 Å². The molecule has 8 heteroatoms. The van der Waals surface area contributed by atoms with Crippen molar-refractivity contribution in [2.75, 3.05) is 38.2 Å². The Labute approximate surface area is 211 Å². The molecule has 0 radical (unpaired) electrons. The molecule has 0 aliphatic carbocycles. The molecule has 8 nitrogen and oxygen atoms in total. The number of anilines is 3. The number of hydrogen-bond acceptors (Lipinski definition) is 7. The van der Waals surface area contributed by atoms with Crippen LogP contribution in [0.25, 0.3) is 0 Å². The minimum absolute atomic E-state index is 0.0524. The number of nitrogens with zero attached hydrogens (tertiary/aromatic N) is 1. The van der Waals surface area contributed by atoms with Crippen molar-refractivity contribution in [3.63, 3.8) is 0 Å². The fraction of sp³-hybridized carbons (Fsp3) is 0.286. The minimum Gasteiger partial charge on any atom is -0.493 e. The smallest absolute Gasteiger partial charge is 0.310 e. The van der Waals surface area contributed by atoms with E-state index in [0.717, 1.165) is 11.4 Å². The number of carbonyl (C=O) groups is 2. The summed E-state index contributed by atoms with van der Waals surface area (Å²) in [6, 6.07) is 21.2. The van der Waals surface area contributed by atoms with Gasteiger partial charge in [-0.1, -0.05) is 18.2 Å². The molecule has 0 bridgehead atoms. The van der Waals surface area contributed by atoms with Crippen molar-refractivity contribution in [2.24, 2.45) is 0 Å². The van der Waals surface area contributed by atoms with Gasteiger partial charge in [0.15, 0.2) is 18.1 Å². The van der Waals surface area contributed by atoms with E-state index in [1.54, 1.807) is 12.1 Å². The summed E-state index contributed by atoms with van der Waals surface area (Å²) in [6.45, 7) is 3.84. The number of amides is 1. The maximum atomic E-state index is 12.3. The topological polar surface area (TPSA) is 86.3 Å². The van der Waals surface area contributed by atoms with Gasteiger partial charge in [-0.05, 0) is 67.9 Å². The lowest BCUT2D eigenvalue weighted by Crippen LogP contribution is -2.25. The van der Waals surface area contributed by atoms with E-state index in [1.807, 2.05) is 42.5 Å². The Hall–Kier alpha value is -4.20. The normalized spacial score (nSPS) is 10.5. The predicted molar refractivity (Wildman–Crippen MR) is 140 cm³/mol. The first kappa shape index (κ1) is 26.4. The number of carbonyl (C=O) groups excluding carboxylic acids is 2. The molecule has 0 unspecified atom stereocenters. The number of rotatable bonds is 11. The van der Waals surface area contributed by atoms with Crippen molar-refractivity contribution in [1.29, 1.82) is 0 Å². The summed E-state index contributed by atoms with van der Waals surface area (Å²) in [7, 11) is 4.50. The summed E-state index contributed by atoms with van der Waals surface area (Å²) in [5.74, 6) is 0.325. The molecule has 0 heterocycles. The first-order valence-corrected chi connectivity index (χ1v) is 11.5. The number of ether oxygens (including phenoxy) is 4. The average Bonchev–Trinajstić information content (AvgIpc) is 2.88. The lowest BCUT2D eigenvalue weighted by molar-refractivity contribution is -0.146. The molecular formula is C28H32N2O6. The lowest BCUT2D eigenvalue weighted by atomic mass is 10.1. The first-order chi connectivity index (χ1) is 17.4. The van der Waals surface area contributed by atoms with Crippen LogP contribution in [0.15, 0.2) is 66.7 Å². The fourth-order valence-corrected chi connectivity index (χ4v) is 3.84. The summed E-state index contributed by atoms with van der Waals surface area (Å²) >= 11 is 0. The molecule has 0 atom stereocenters. The minimum atomic E-state index is -0.551. The molecule has 0 aliphatic heterocycles. The summed E-state index contributed by atoms with van der Waals surface area (Å²) in [5, 5.41) is 2.76. The number of para-hydroxylation sites is 1. The highest BCUT2D eigenvalue weighted by atomic mass is 16.5. The maximum Gasteiger partial charge on any atom is 0.310 e. The molecule has 0 saturated carbocycles. The van der Waals surface area contributed by atoms with Crippen LogP contribution in [0.5, 0.6) is 17.2 Å². The van der Waals surface area contributed by atoms with Crippen LogP contribution in [0.1, 0.15) is 19.4 Å². The number of nitrogens with one attached hydrogen (secondary N) is 1. The molecule has 3 rings (SSSR count). The van der Waals surface area contributed by atoms with Crippen molar-refractivity contribution in [3.8, 4) is 17.2 Å². The van der Waals surface area contributed by atoms with Gasteiger partial charge >= 0.3 is 5.97 Å². The first-order valence-electron chi connectivity index (χ1n) is 11.5. The van der Waals surface area contributed by atoms with Gasteiger partial charge in [0, 0.05) is 23.1 Å². The van der Waals surface area contributed by atoms with Crippen LogP contribution in [0.4, 0.5) is 17.1 Å². The highest BCUT2D eigenvalue weighted by Crippen LogP contribution is 2.38. The number of hydrogen-bond donors (Lipinski definition) is 1. The molecule has 1 N–H and O–H groups in total. The van der Waals surface area contributed by atoms with Gasteiger partial charge in [-0.3, -0.25) is 9.59 Å². The standard InChI is InChI=1S/C28H32N2O6/c1-19(2)30(22-9-7-6-8-10-22)23-13-11-21(12-14-23)29-26(31)18-36-27(32)17-20-15-24(33-3)28(35-5)25(16-20)34-4/h6-16,19H,17-18H2,1-5H3,(H,29,31). The van der Waals surface area contributed by atoms with Gasteiger partial charge in [0.1, 0.15) is 0 Å². The monoisotopic (exact) mass is 492 g/mol. The highest BCUT2D eigenvalue weighted by Gasteiger charge is 2.17. The van der Waals surface area contributed by atoms with Gasteiger partial charge in [-0.2, -0.15) is 0 Å². The zero-order valence-corrected chi connectivity index (χ0v) is 21.2. The van der Waals surface area contributed by atoms with Crippen molar-refractivity contribution in [1.82, 2.24) is 0 Å². The zero-order chi connectivity index (χ0) is 26.1. The summed E-state index contributed by atoms with van der Waals surface area (Å²) in [5.41, 5.74) is 3.31. The quantitative estimate of drug-likeness (QED) is 0.378. The van der Waals surface area contributed by atoms with E-state index in [4.69, 9.17) is 18.9 Å². The summed E-state index contributed by atoms with van der Waals surface area (Å²) in [4.78, 5) is 26.9. The van der Waals surface area contributed by atoms with E-state index in [1.165, 1.54) is 21.3 Å². The molecule has 36 heavy (non-hydrogen) atoms. The number of methoxy groups -OCH3 is 3. The molecule has 0 spiro atoms. The predicted octanol–water partition coefficient (Wildman–Crippen LogP) is 4.98. The van der Waals surface area contributed by atoms with Gasteiger partial charge in [0.05, 0.1) is 27.8 Å². The van der Waals surface area contributed by atoms with Crippen LogP contribution in [0.2, 0.25) is 0 Å². The second kappa shape index (κ2) is 12.5. The molecule has 190 valence electrons. The van der Waals surface area contributed by atoms with Crippen LogP contribution >= 0.6 is 0 Å². The fourth-order valence-electron chi connectivity index (χ4n) is 3.84. The Kier molecular flexibility index (Phi) is 9.16. The van der Waals surface area contributed by atoms with Gasteiger partial charge in [-0.25, -0.2) is 0 Å². The third-order valence-corrected chi connectivity index (χ3v) is 5.42. The Morgan fingerprint density at radius 1 is 0.833 bits per heavy atom. The van der Waals surface area contributed by atoms with Crippen LogP contribution in [0, 0.1) is 0 Å². The van der Waals surface area contributed by atoms with Crippen molar-refractivity contribution in [2.45, 2.75) is 26.3 Å². The van der Waals surface area contributed by atoms with Gasteiger partial charge < -0.3 is 29.2 Å². The third-order valence-electron chi connectivity index (χ3n) is 5.42. The molecular weight excluding hydrogens is 460 g/mol. The molecule has 0 aliphatic rings. The van der Waals surface area contributed by atoms with Gasteiger partial charge in [0.25, 0.3) is 5.91 Å². The molecule has 1 amide bonds. The van der Waals surface area contributed by atoms with E-state index in [0.29, 0.717) is 28.5 Å². The highest BCUT2D eigenvalue weighted by molar-refractivity contribution is 5.93. The zero-order valence-electron chi connectivity index (χ0n) is 21.2. The van der Waals surface area contributed by atoms with Crippen LogP contribution in [-0.4, -0.2) is 45.9 Å². The Morgan fingerprint density at radius 2 is 1.42 bits per heavy atom. The maximum absolute atomic E-state index is 12.3. The second-order valence-corrected chi connectivity index (χ2v) is 8.27. The summed E-state index contributed by atoms with van der Waals surface area (Å²) in [6.07, 6.45) is -0.0524. The largest absolute Gasteiger partial charge is 0.493 e. The third kappa shape index (κ3) is 6.69. The van der Waals surface area contributed by atoms with Crippen LogP contribution in [0.3, 0.4) is 0 Å². The van der Waals surface area contributed by atoms with E-state index >= 15 is 0 Å². The SMILES string of the molecule is COc1cc(CC(=O)OCC(=O)Nc2ccc(N(c3ccccc3)C(C)C)cc2)cc(OC)c1OC. The molecule has 0 fully saturated rings. The van der Waals surface area contributed by atoms with Crippen LogP contribution < -0.4 is 24.4 Å². The number of benzene rings is 3. The van der Waals surface area contributed by atoms with E-state index < -0.39 is 18.5 Å².